The standard InChI is InChI=1S/C22H21F5N8O2/c1-11(36)33-8-16(22(26,27)10-33)28-20-29-19(37-3)18-17(13(23)7-34(18)31-20)12-4-5-14-15(6-12)35(32-30-14)9-21(2,24)25/h4-7,16H,8-10H2,1-3H3,(H,28,31)/t16-/m1/s1. The topological polar surface area (TPSA) is 102 Å². The SMILES string of the molecule is COc1nc(N[C@@H]2CN(C(C)=O)CC2(F)F)nn2cc(F)c(-c3ccc4nnn(CC(C)(F)F)c4c3)c12. The zero-order valence-corrected chi connectivity index (χ0v) is 19.8. The van der Waals surface area contributed by atoms with Crippen LogP contribution in [-0.2, 0) is 11.3 Å². The van der Waals surface area contributed by atoms with Gasteiger partial charge in [0.15, 0.2) is 5.82 Å². The van der Waals surface area contributed by atoms with Crippen molar-refractivity contribution in [2.24, 2.45) is 0 Å². The molecule has 0 saturated carbocycles. The van der Waals surface area contributed by atoms with Crippen LogP contribution in [0.15, 0.2) is 24.4 Å². The molecule has 1 aromatic carbocycles. The summed E-state index contributed by atoms with van der Waals surface area (Å²) >= 11 is 0. The minimum atomic E-state index is -3.24. The molecule has 3 aromatic heterocycles. The van der Waals surface area contributed by atoms with Crippen molar-refractivity contribution in [3.8, 4) is 17.0 Å². The molecule has 196 valence electrons. The van der Waals surface area contributed by atoms with Gasteiger partial charge in [-0.3, -0.25) is 4.79 Å². The number of carbonyl (C=O) groups excluding carboxylic acids is 1. The first-order valence-electron chi connectivity index (χ1n) is 11.1. The van der Waals surface area contributed by atoms with E-state index in [0.29, 0.717) is 5.52 Å². The van der Waals surface area contributed by atoms with E-state index in [1.165, 1.54) is 32.2 Å². The third-order valence-electron chi connectivity index (χ3n) is 6.04. The summed E-state index contributed by atoms with van der Waals surface area (Å²) in [7, 11) is 1.27. The number of likely N-dealkylation sites (tertiary alicyclic amines) is 1. The summed E-state index contributed by atoms with van der Waals surface area (Å²) in [5.41, 5.74) is 0.985. The lowest BCUT2D eigenvalue weighted by Crippen LogP contribution is -2.38. The fourth-order valence-electron chi connectivity index (χ4n) is 4.33. The van der Waals surface area contributed by atoms with Gasteiger partial charge in [0.25, 0.3) is 11.8 Å². The number of rotatable bonds is 6. The van der Waals surface area contributed by atoms with E-state index in [-0.39, 0.29) is 40.5 Å². The number of alkyl halides is 4. The van der Waals surface area contributed by atoms with E-state index in [2.05, 4.69) is 25.7 Å². The second kappa shape index (κ2) is 8.52. The molecule has 0 aliphatic carbocycles. The fourth-order valence-corrected chi connectivity index (χ4v) is 4.33. The molecule has 0 unspecified atom stereocenters. The van der Waals surface area contributed by atoms with Gasteiger partial charge in [-0.15, -0.1) is 10.2 Å². The maximum absolute atomic E-state index is 15.2. The van der Waals surface area contributed by atoms with Crippen molar-refractivity contribution in [3.63, 3.8) is 0 Å². The Hall–Kier alpha value is -4.04. The number of nitrogens with one attached hydrogen (secondary N) is 1. The molecule has 37 heavy (non-hydrogen) atoms. The lowest BCUT2D eigenvalue weighted by molar-refractivity contribution is -0.129. The maximum Gasteiger partial charge on any atom is 0.286 e. The lowest BCUT2D eigenvalue weighted by Gasteiger charge is -2.19. The van der Waals surface area contributed by atoms with Gasteiger partial charge in [-0.05, 0) is 17.7 Å². The first-order valence-corrected chi connectivity index (χ1v) is 11.1. The Bertz CT molecular complexity index is 1510. The van der Waals surface area contributed by atoms with Crippen LogP contribution >= 0.6 is 0 Å². The summed E-state index contributed by atoms with van der Waals surface area (Å²) in [6.45, 7) is 0.205. The van der Waals surface area contributed by atoms with Crippen LogP contribution in [-0.4, -0.2) is 78.5 Å². The van der Waals surface area contributed by atoms with Crippen molar-refractivity contribution in [1.82, 2.24) is 34.5 Å². The molecule has 10 nitrogen and oxygen atoms in total. The number of benzene rings is 1. The average Bonchev–Trinajstić information content (AvgIpc) is 3.44. The van der Waals surface area contributed by atoms with Gasteiger partial charge in [0.05, 0.1) is 30.9 Å². The highest BCUT2D eigenvalue weighted by Crippen LogP contribution is 2.36. The van der Waals surface area contributed by atoms with Crippen LogP contribution in [0.25, 0.3) is 27.7 Å². The third-order valence-corrected chi connectivity index (χ3v) is 6.04. The fraction of sp³-hybridized carbons (Fsp3) is 0.409. The molecule has 4 aromatic rings. The quantitative estimate of drug-likeness (QED) is 0.387. The number of hydrogen-bond acceptors (Lipinski definition) is 7. The monoisotopic (exact) mass is 524 g/mol. The molecular formula is C22H21F5N8O2. The molecular weight excluding hydrogens is 503 g/mol. The molecule has 4 heterocycles. The summed E-state index contributed by atoms with van der Waals surface area (Å²) in [6, 6.07) is 3.04. The van der Waals surface area contributed by atoms with Crippen molar-refractivity contribution < 1.29 is 31.5 Å². The van der Waals surface area contributed by atoms with Gasteiger partial charge in [0.2, 0.25) is 17.7 Å². The van der Waals surface area contributed by atoms with E-state index >= 15 is 4.39 Å². The summed E-state index contributed by atoms with van der Waals surface area (Å²) in [5.74, 6) is -7.91. The first-order chi connectivity index (χ1) is 17.4. The molecule has 1 aliphatic rings. The number of hydrogen-bond donors (Lipinski definition) is 1. The van der Waals surface area contributed by atoms with Crippen molar-refractivity contribution in [2.45, 2.75) is 38.3 Å². The minimum Gasteiger partial charge on any atom is -0.479 e. The highest BCUT2D eigenvalue weighted by atomic mass is 19.3. The number of amides is 1. The lowest BCUT2D eigenvalue weighted by atomic mass is 10.1. The van der Waals surface area contributed by atoms with E-state index in [0.717, 1.165) is 27.2 Å². The number of carbonyl (C=O) groups is 1. The van der Waals surface area contributed by atoms with Crippen molar-refractivity contribution >= 4 is 28.4 Å². The van der Waals surface area contributed by atoms with Crippen LogP contribution in [0.1, 0.15) is 13.8 Å². The van der Waals surface area contributed by atoms with Crippen LogP contribution in [0, 0.1) is 5.82 Å². The number of nitrogens with zero attached hydrogens (tertiary/aromatic N) is 7. The van der Waals surface area contributed by atoms with Gasteiger partial charge in [-0.25, -0.2) is 31.1 Å². The van der Waals surface area contributed by atoms with E-state index in [1.54, 1.807) is 0 Å². The maximum atomic E-state index is 15.2. The summed E-state index contributed by atoms with van der Waals surface area (Å²) in [6.07, 6.45) is 1.02. The van der Waals surface area contributed by atoms with E-state index in [4.69, 9.17) is 4.74 Å². The summed E-state index contributed by atoms with van der Waals surface area (Å²) < 4.78 is 78.8. The second-order valence-electron chi connectivity index (χ2n) is 8.97. The zero-order chi connectivity index (χ0) is 26.7. The Labute approximate surface area is 206 Å². The zero-order valence-electron chi connectivity index (χ0n) is 19.8. The van der Waals surface area contributed by atoms with Crippen LogP contribution in [0.4, 0.5) is 27.9 Å². The molecule has 1 aliphatic heterocycles. The average molecular weight is 524 g/mol. The van der Waals surface area contributed by atoms with Crippen LogP contribution in [0.3, 0.4) is 0 Å². The minimum absolute atomic E-state index is 0.00950. The van der Waals surface area contributed by atoms with E-state index < -0.39 is 42.7 Å². The normalized spacial score (nSPS) is 17.6. The number of ether oxygens (including phenoxy) is 1. The van der Waals surface area contributed by atoms with E-state index in [1.807, 2.05) is 0 Å². The predicted octanol–water partition coefficient (Wildman–Crippen LogP) is 3.22. The largest absolute Gasteiger partial charge is 0.479 e. The number of fused-ring (bicyclic) bond motifs is 2. The van der Waals surface area contributed by atoms with Gasteiger partial charge in [-0.2, -0.15) is 4.98 Å². The molecule has 0 bridgehead atoms. The molecule has 1 atom stereocenters. The van der Waals surface area contributed by atoms with Gasteiger partial charge >= 0.3 is 0 Å². The number of aromatic nitrogens is 6. The highest BCUT2D eigenvalue weighted by molar-refractivity contribution is 5.89. The summed E-state index contributed by atoms with van der Waals surface area (Å²) in [4.78, 5) is 16.7. The number of halogens is 5. The van der Waals surface area contributed by atoms with Crippen molar-refractivity contribution in [2.75, 3.05) is 25.5 Å². The van der Waals surface area contributed by atoms with Gasteiger partial charge < -0.3 is 15.0 Å². The third kappa shape index (κ3) is 4.49. The first kappa shape index (κ1) is 24.6. The molecule has 1 saturated heterocycles. The second-order valence-corrected chi connectivity index (χ2v) is 8.97. The van der Waals surface area contributed by atoms with Gasteiger partial charge in [0, 0.05) is 20.4 Å². The molecule has 0 spiro atoms. The van der Waals surface area contributed by atoms with Crippen molar-refractivity contribution in [3.05, 3.63) is 30.2 Å². The molecule has 5 rings (SSSR count). The van der Waals surface area contributed by atoms with Crippen molar-refractivity contribution in [1.29, 1.82) is 0 Å². The van der Waals surface area contributed by atoms with E-state index in [9.17, 15) is 22.4 Å². The van der Waals surface area contributed by atoms with Gasteiger partial charge in [-0.1, -0.05) is 11.3 Å². The Morgan fingerprint density at radius 2 is 2.08 bits per heavy atom. The molecule has 1 amide bonds. The van der Waals surface area contributed by atoms with Crippen LogP contribution < -0.4 is 10.1 Å². The molecule has 0 radical (unpaired) electrons. The number of methoxy groups -OCH3 is 1. The Morgan fingerprint density at radius 3 is 2.73 bits per heavy atom. The highest BCUT2D eigenvalue weighted by Gasteiger charge is 2.49. The summed E-state index contributed by atoms with van der Waals surface area (Å²) in [5, 5.41) is 14.3. The Kier molecular flexibility index (Phi) is 5.68. The molecule has 1 fully saturated rings. The smallest absolute Gasteiger partial charge is 0.286 e. The van der Waals surface area contributed by atoms with Crippen LogP contribution in [0.5, 0.6) is 5.88 Å². The molecule has 15 heteroatoms. The molecule has 1 N–H and O–H groups in total. The Balaban J connectivity index is 1.55. The Morgan fingerprint density at radius 1 is 1.32 bits per heavy atom. The predicted molar refractivity (Wildman–Crippen MR) is 121 cm³/mol. The number of anilines is 1. The van der Waals surface area contributed by atoms with Crippen LogP contribution in [0.2, 0.25) is 0 Å². The van der Waals surface area contributed by atoms with Gasteiger partial charge in [0.1, 0.15) is 23.6 Å².